The van der Waals surface area contributed by atoms with Crippen LogP contribution in [0, 0.1) is 5.82 Å². The summed E-state index contributed by atoms with van der Waals surface area (Å²) in [5.41, 5.74) is 0.477. The molecule has 1 aromatic carbocycles. The van der Waals surface area contributed by atoms with Crippen LogP contribution in [-0.2, 0) is 0 Å². The highest BCUT2D eigenvalue weighted by molar-refractivity contribution is 7.10. The third-order valence-corrected chi connectivity index (χ3v) is 3.81. The Hall–Kier alpha value is -1.06. The molecule has 1 unspecified atom stereocenters. The van der Waals surface area contributed by atoms with E-state index in [4.69, 9.17) is 16.3 Å². The zero-order valence-corrected chi connectivity index (χ0v) is 10.2. The molecular weight excluding hydrogens is 247 g/mol. The van der Waals surface area contributed by atoms with Crippen LogP contribution in [0.15, 0.2) is 35.7 Å². The van der Waals surface area contributed by atoms with Crippen molar-refractivity contribution in [3.8, 4) is 5.75 Å². The zero-order valence-electron chi connectivity index (χ0n) is 8.61. The number of methoxy groups -OCH3 is 1. The van der Waals surface area contributed by atoms with Gasteiger partial charge in [0.1, 0.15) is 11.6 Å². The molecule has 0 radical (unpaired) electrons. The van der Waals surface area contributed by atoms with Crippen LogP contribution < -0.4 is 4.74 Å². The second-order valence-corrected chi connectivity index (χ2v) is 4.68. The van der Waals surface area contributed by atoms with Gasteiger partial charge in [-0.05, 0) is 17.5 Å². The summed E-state index contributed by atoms with van der Waals surface area (Å²) in [7, 11) is 1.51. The lowest BCUT2D eigenvalue weighted by Gasteiger charge is -2.10. The van der Waals surface area contributed by atoms with E-state index in [1.807, 2.05) is 17.5 Å². The maximum Gasteiger partial charge on any atom is 0.131 e. The molecule has 2 aromatic rings. The minimum absolute atomic E-state index is 0.340. The summed E-state index contributed by atoms with van der Waals surface area (Å²) in [6, 6.07) is 8.51. The Balaban J connectivity index is 2.34. The van der Waals surface area contributed by atoms with E-state index in [1.54, 1.807) is 12.1 Å². The Kier molecular flexibility index (Phi) is 3.46. The van der Waals surface area contributed by atoms with Crippen LogP contribution >= 0.6 is 22.9 Å². The minimum Gasteiger partial charge on any atom is -0.497 e. The molecule has 1 heterocycles. The van der Waals surface area contributed by atoms with Crippen LogP contribution in [0.4, 0.5) is 4.39 Å². The molecule has 0 N–H and O–H groups in total. The number of benzene rings is 1. The van der Waals surface area contributed by atoms with Gasteiger partial charge in [-0.15, -0.1) is 22.9 Å². The van der Waals surface area contributed by atoms with Crippen molar-refractivity contribution in [3.05, 3.63) is 52.0 Å². The fraction of sp³-hybridized carbons (Fsp3) is 0.167. The fourth-order valence-electron chi connectivity index (χ4n) is 1.43. The van der Waals surface area contributed by atoms with Gasteiger partial charge in [-0.2, -0.15) is 0 Å². The molecule has 1 aromatic heterocycles. The minimum atomic E-state index is -0.439. The number of alkyl halides is 1. The van der Waals surface area contributed by atoms with Gasteiger partial charge in [0.05, 0.1) is 12.5 Å². The summed E-state index contributed by atoms with van der Waals surface area (Å²) >= 11 is 7.72. The van der Waals surface area contributed by atoms with Crippen molar-refractivity contribution in [1.29, 1.82) is 0 Å². The van der Waals surface area contributed by atoms with Crippen LogP contribution in [-0.4, -0.2) is 7.11 Å². The van der Waals surface area contributed by atoms with Crippen LogP contribution in [0.25, 0.3) is 0 Å². The standard InChI is InChI=1S/C12H10ClFOS/c1-15-8-4-5-9(10(14)7-8)12(13)11-3-2-6-16-11/h2-7,12H,1H3. The summed E-state index contributed by atoms with van der Waals surface area (Å²) in [6.45, 7) is 0. The molecule has 0 saturated heterocycles. The predicted octanol–water partition coefficient (Wildman–Crippen LogP) is 4.22. The molecule has 0 amide bonds. The van der Waals surface area contributed by atoms with E-state index in [0.717, 1.165) is 4.88 Å². The van der Waals surface area contributed by atoms with Gasteiger partial charge in [-0.1, -0.05) is 12.1 Å². The molecule has 84 valence electrons. The van der Waals surface area contributed by atoms with Gasteiger partial charge in [0.15, 0.2) is 0 Å². The molecule has 0 saturated carbocycles. The number of thiophene rings is 1. The highest BCUT2D eigenvalue weighted by Gasteiger charge is 2.16. The largest absolute Gasteiger partial charge is 0.497 e. The molecule has 0 aliphatic carbocycles. The monoisotopic (exact) mass is 256 g/mol. The number of ether oxygens (including phenoxy) is 1. The van der Waals surface area contributed by atoms with E-state index in [1.165, 1.54) is 24.5 Å². The van der Waals surface area contributed by atoms with Gasteiger partial charge in [-0.3, -0.25) is 0 Å². The molecular formula is C12H10ClFOS. The van der Waals surface area contributed by atoms with Crippen molar-refractivity contribution >= 4 is 22.9 Å². The van der Waals surface area contributed by atoms with Gasteiger partial charge < -0.3 is 4.74 Å². The van der Waals surface area contributed by atoms with Crippen molar-refractivity contribution in [2.75, 3.05) is 7.11 Å². The SMILES string of the molecule is COc1ccc(C(Cl)c2cccs2)c(F)c1. The first-order chi connectivity index (χ1) is 7.72. The Morgan fingerprint density at radius 2 is 2.19 bits per heavy atom. The molecule has 0 aliphatic rings. The van der Waals surface area contributed by atoms with E-state index < -0.39 is 5.38 Å². The lowest BCUT2D eigenvalue weighted by atomic mass is 10.1. The molecule has 0 bridgehead atoms. The van der Waals surface area contributed by atoms with Gasteiger partial charge in [0.2, 0.25) is 0 Å². The van der Waals surface area contributed by atoms with Crippen LogP contribution in [0.3, 0.4) is 0 Å². The van der Waals surface area contributed by atoms with Gasteiger partial charge >= 0.3 is 0 Å². The molecule has 0 spiro atoms. The van der Waals surface area contributed by atoms with Crippen molar-refractivity contribution in [2.45, 2.75) is 5.38 Å². The fourth-order valence-corrected chi connectivity index (χ4v) is 2.55. The van der Waals surface area contributed by atoms with Gasteiger partial charge in [0, 0.05) is 16.5 Å². The summed E-state index contributed by atoms with van der Waals surface area (Å²) in [4.78, 5) is 0.936. The summed E-state index contributed by atoms with van der Waals surface area (Å²) in [5.74, 6) is 0.157. The first-order valence-electron chi connectivity index (χ1n) is 4.73. The van der Waals surface area contributed by atoms with E-state index >= 15 is 0 Å². The van der Waals surface area contributed by atoms with Crippen molar-refractivity contribution in [2.24, 2.45) is 0 Å². The van der Waals surface area contributed by atoms with E-state index in [9.17, 15) is 4.39 Å². The highest BCUT2D eigenvalue weighted by Crippen LogP contribution is 2.34. The third-order valence-electron chi connectivity index (χ3n) is 2.27. The molecule has 1 atom stereocenters. The number of halogens is 2. The average Bonchev–Trinajstić information content (AvgIpc) is 2.81. The Bertz CT molecular complexity index is 470. The maximum absolute atomic E-state index is 13.7. The molecule has 1 nitrogen and oxygen atoms in total. The second kappa shape index (κ2) is 4.85. The van der Waals surface area contributed by atoms with E-state index in [-0.39, 0.29) is 5.82 Å². The number of rotatable bonds is 3. The normalized spacial score (nSPS) is 12.4. The summed E-state index contributed by atoms with van der Waals surface area (Å²) < 4.78 is 18.7. The van der Waals surface area contributed by atoms with Crippen LogP contribution in [0.2, 0.25) is 0 Å². The average molecular weight is 257 g/mol. The highest BCUT2D eigenvalue weighted by atomic mass is 35.5. The van der Waals surface area contributed by atoms with Crippen molar-refractivity contribution < 1.29 is 9.13 Å². The zero-order chi connectivity index (χ0) is 11.5. The second-order valence-electron chi connectivity index (χ2n) is 3.27. The number of hydrogen-bond donors (Lipinski definition) is 0. The topological polar surface area (TPSA) is 9.23 Å². The Labute approximate surface area is 102 Å². The van der Waals surface area contributed by atoms with Gasteiger partial charge in [-0.25, -0.2) is 4.39 Å². The molecule has 0 aliphatic heterocycles. The molecule has 16 heavy (non-hydrogen) atoms. The number of hydrogen-bond acceptors (Lipinski definition) is 2. The first kappa shape index (κ1) is 11.4. The Morgan fingerprint density at radius 1 is 1.38 bits per heavy atom. The van der Waals surface area contributed by atoms with E-state index in [2.05, 4.69) is 0 Å². The van der Waals surface area contributed by atoms with Crippen molar-refractivity contribution in [1.82, 2.24) is 0 Å². The quantitative estimate of drug-likeness (QED) is 0.747. The van der Waals surface area contributed by atoms with E-state index in [0.29, 0.717) is 11.3 Å². The smallest absolute Gasteiger partial charge is 0.131 e. The third kappa shape index (κ3) is 2.20. The summed E-state index contributed by atoms with van der Waals surface area (Å²) in [6.07, 6.45) is 0. The predicted molar refractivity (Wildman–Crippen MR) is 65.0 cm³/mol. The molecule has 2 rings (SSSR count). The molecule has 4 heteroatoms. The van der Waals surface area contributed by atoms with Gasteiger partial charge in [0.25, 0.3) is 0 Å². The lowest BCUT2D eigenvalue weighted by Crippen LogP contribution is -1.95. The van der Waals surface area contributed by atoms with Crippen LogP contribution in [0.1, 0.15) is 15.8 Å². The first-order valence-corrected chi connectivity index (χ1v) is 6.05. The van der Waals surface area contributed by atoms with Crippen molar-refractivity contribution in [3.63, 3.8) is 0 Å². The lowest BCUT2D eigenvalue weighted by molar-refractivity contribution is 0.411. The Morgan fingerprint density at radius 3 is 2.75 bits per heavy atom. The summed E-state index contributed by atoms with van der Waals surface area (Å²) in [5, 5.41) is 1.48. The maximum atomic E-state index is 13.7. The van der Waals surface area contributed by atoms with Crippen LogP contribution in [0.5, 0.6) is 5.75 Å². The molecule has 0 fully saturated rings.